The van der Waals surface area contributed by atoms with E-state index in [9.17, 15) is 49.5 Å². The number of hydrogen-bond donors (Lipinski definition) is 10. The van der Waals surface area contributed by atoms with Gasteiger partial charge in [0.15, 0.2) is 28.9 Å². The standard InChI is InChI=1S/C23H29NO3.C23H27NO3.C22H25NO3.C21H25NO3.C21H23NO3/c2*1-5-13-27-22-15-21(26)19(23(3,4)6-2)14-17(22)9-12-20(25)16-7-10-18(24)11-8-16;1-3-5-6-17-14-18(22(15-21(17)25)26-13-4-2)9-12-20(24)16-7-10-19(23)11-8-16;2*1-3-5-16-13-17(21(14-20(16)24)25-12-4-2)8-11-19(23)15-6-9-18(22)10-7-15/h7-12,14-15,26H,5-6,13,24H2,1-4H3;6-12,14-15,26H,2,5,13,24H2,1,3-4H3;3,5,7-12,14-15,25H,4,6,13,23H2,1-2H3;6-11,13-14,24H,3-5,12,22H2,1-2H3;3,6-11,13-14,24H,1,4-5,12,22H2,2H3. The van der Waals surface area contributed by atoms with Crippen LogP contribution in [0.25, 0.3) is 30.4 Å². The largest absolute Gasteiger partial charge is 0.508 e. The van der Waals surface area contributed by atoms with Crippen molar-refractivity contribution in [2.75, 3.05) is 61.7 Å². The summed E-state index contributed by atoms with van der Waals surface area (Å²) in [7, 11) is 0. The van der Waals surface area contributed by atoms with E-state index >= 15 is 0 Å². The van der Waals surface area contributed by atoms with Crippen molar-refractivity contribution < 1.29 is 73.2 Å². The summed E-state index contributed by atoms with van der Waals surface area (Å²) < 4.78 is 28.7. The van der Waals surface area contributed by atoms with Crippen LogP contribution in [0.4, 0.5) is 28.4 Å². The van der Waals surface area contributed by atoms with Crippen molar-refractivity contribution in [3.05, 3.63) is 333 Å². The highest BCUT2D eigenvalue weighted by atomic mass is 16.5. The molecule has 20 heteroatoms. The smallest absolute Gasteiger partial charge is 0.185 e. The number of ether oxygens (including phenoxy) is 5. The minimum Gasteiger partial charge on any atom is -0.508 e. The molecule has 0 saturated carbocycles. The average molecular weight is 1760 g/mol. The van der Waals surface area contributed by atoms with E-state index in [2.05, 4.69) is 40.9 Å². The van der Waals surface area contributed by atoms with E-state index in [1.165, 1.54) is 30.4 Å². The summed E-state index contributed by atoms with van der Waals surface area (Å²) in [5, 5.41) is 51.4. The minimum absolute atomic E-state index is 0.105. The molecule has 0 spiro atoms. The molecular weight excluding hydrogens is 1630 g/mol. The number of anilines is 5. The number of rotatable bonds is 40. The van der Waals surface area contributed by atoms with E-state index in [0.717, 1.165) is 107 Å². The van der Waals surface area contributed by atoms with Crippen LogP contribution in [0, 0.1) is 0 Å². The van der Waals surface area contributed by atoms with E-state index < -0.39 is 5.41 Å². The number of benzene rings is 10. The number of phenolic OH excluding ortho intramolecular Hbond substituents is 5. The summed E-state index contributed by atoms with van der Waals surface area (Å²) in [6.07, 6.45) is 31.6. The molecule has 10 rings (SSSR count). The lowest BCUT2D eigenvalue weighted by Gasteiger charge is -2.25. The maximum absolute atomic E-state index is 12.4. The number of nitrogen functional groups attached to an aromatic ring is 5. The lowest BCUT2D eigenvalue weighted by atomic mass is 9.81. The van der Waals surface area contributed by atoms with Gasteiger partial charge in [-0.2, -0.15) is 0 Å². The quantitative estimate of drug-likeness (QED) is 0.00738. The van der Waals surface area contributed by atoms with E-state index in [-0.39, 0.29) is 63.1 Å². The Hall–Kier alpha value is -14.5. The second kappa shape index (κ2) is 53.2. The first-order chi connectivity index (χ1) is 62.2. The first kappa shape index (κ1) is 104. The van der Waals surface area contributed by atoms with Crippen LogP contribution in [0.3, 0.4) is 0 Å². The van der Waals surface area contributed by atoms with Gasteiger partial charge in [0, 0.05) is 131 Å². The summed E-state index contributed by atoms with van der Waals surface area (Å²) in [4.78, 5) is 61.8. The molecule has 0 heterocycles. The number of aryl methyl sites for hydroxylation is 1. The summed E-state index contributed by atoms with van der Waals surface area (Å²) in [6.45, 7) is 34.5. The Labute approximate surface area is 767 Å². The maximum Gasteiger partial charge on any atom is 0.185 e. The normalized spacial score (nSPS) is 11.3. The predicted octanol–water partition coefficient (Wildman–Crippen LogP) is 24.2. The van der Waals surface area contributed by atoms with Crippen molar-refractivity contribution in [1.82, 2.24) is 0 Å². The molecule has 20 nitrogen and oxygen atoms in total. The van der Waals surface area contributed by atoms with E-state index in [1.54, 1.807) is 194 Å². The third-order valence-electron chi connectivity index (χ3n) is 20.5. The van der Waals surface area contributed by atoms with Gasteiger partial charge in [-0.1, -0.05) is 107 Å². The van der Waals surface area contributed by atoms with Crippen molar-refractivity contribution in [1.29, 1.82) is 0 Å². The van der Waals surface area contributed by atoms with Gasteiger partial charge >= 0.3 is 0 Å². The second-order valence-corrected chi connectivity index (χ2v) is 31.9. The highest BCUT2D eigenvalue weighted by Crippen LogP contribution is 2.41. The Kier molecular flexibility index (Phi) is 42.7. The van der Waals surface area contributed by atoms with Crippen molar-refractivity contribution in [2.45, 2.75) is 158 Å². The van der Waals surface area contributed by atoms with Gasteiger partial charge in [0.05, 0.1) is 33.0 Å². The van der Waals surface area contributed by atoms with Gasteiger partial charge in [-0.3, -0.25) is 24.0 Å². The fraction of sp³-hybridized carbons (Fsp3) is 0.264. The number of carbonyl (C=O) groups excluding carboxylic acids is 5. The topological polar surface area (TPSA) is 363 Å². The number of allylic oxidation sites excluding steroid dienone is 9. The summed E-state index contributed by atoms with van der Waals surface area (Å²) in [5.41, 5.74) is 41.3. The fourth-order valence-electron chi connectivity index (χ4n) is 12.5. The molecule has 0 aliphatic carbocycles. The SMILES string of the molecule is C=CC(C)(C)c1cc(C=CC(=O)c2ccc(N)cc2)c(OCCC)cc1O.C=CCc1cc(C=CC(=O)c2ccc(N)cc2)c(OCCC)cc1O.CC=CCc1cc(C=CC(=O)c2ccc(N)cc2)c(OCCC)cc1O.CCCOc1cc(O)c(C(C)(C)CC)cc1C=CC(=O)c1ccc(N)cc1.CCCOc1cc(O)c(CCC)cc1C=CC(=O)c1ccc(N)cc1. The Morgan fingerprint density at radius 2 is 0.577 bits per heavy atom. The van der Waals surface area contributed by atoms with Crippen molar-refractivity contribution in [2.24, 2.45) is 0 Å². The molecule has 0 bridgehead atoms. The molecule has 0 atom stereocenters. The average Bonchev–Trinajstić information content (AvgIpc) is 0.799. The molecule has 0 aliphatic rings. The van der Waals surface area contributed by atoms with Crippen LogP contribution in [0.1, 0.15) is 235 Å². The number of hydrogen-bond acceptors (Lipinski definition) is 20. The molecule has 684 valence electrons. The van der Waals surface area contributed by atoms with Crippen LogP contribution in [0.2, 0.25) is 0 Å². The fourth-order valence-corrected chi connectivity index (χ4v) is 12.5. The zero-order valence-electron chi connectivity index (χ0n) is 77.1. The number of phenols is 5. The zero-order chi connectivity index (χ0) is 95.5. The first-order valence-corrected chi connectivity index (χ1v) is 43.9. The van der Waals surface area contributed by atoms with Crippen molar-refractivity contribution >= 4 is 87.7 Å². The van der Waals surface area contributed by atoms with Crippen LogP contribution in [0.15, 0.2) is 250 Å². The number of nitrogens with two attached hydrogens (primary N) is 5. The number of ketones is 5. The number of aromatic hydroxyl groups is 5. The van der Waals surface area contributed by atoms with Crippen molar-refractivity contribution in [3.8, 4) is 57.5 Å². The first-order valence-electron chi connectivity index (χ1n) is 43.9. The predicted molar refractivity (Wildman–Crippen MR) is 534 cm³/mol. The molecule has 0 unspecified atom stereocenters. The molecule has 15 N–H and O–H groups in total. The van der Waals surface area contributed by atoms with E-state index in [0.29, 0.717) is 131 Å². The van der Waals surface area contributed by atoms with Crippen molar-refractivity contribution in [3.63, 3.8) is 0 Å². The molecule has 0 radical (unpaired) electrons. The summed E-state index contributed by atoms with van der Waals surface area (Å²) in [6, 6.07) is 51.4. The van der Waals surface area contributed by atoms with Crippen LogP contribution >= 0.6 is 0 Å². The molecular formula is C110H129N5O15. The molecule has 0 aromatic heterocycles. The lowest BCUT2D eigenvalue weighted by molar-refractivity contribution is 0.103. The number of carbonyl (C=O) groups is 5. The molecule has 0 fully saturated rings. The second-order valence-electron chi connectivity index (χ2n) is 31.9. The summed E-state index contributed by atoms with van der Waals surface area (Å²) in [5.74, 6) is 3.17. The Bertz CT molecular complexity index is 5600. The Morgan fingerprint density at radius 1 is 0.331 bits per heavy atom. The molecule has 0 saturated heterocycles. The molecule has 10 aromatic rings. The third-order valence-corrected chi connectivity index (χ3v) is 20.5. The Morgan fingerprint density at radius 3 is 0.831 bits per heavy atom. The minimum atomic E-state index is -0.420. The van der Waals surface area contributed by atoms with Gasteiger partial charge < -0.3 is 77.9 Å². The van der Waals surface area contributed by atoms with E-state index in [1.807, 2.05) is 97.9 Å². The zero-order valence-corrected chi connectivity index (χ0v) is 77.1. The van der Waals surface area contributed by atoms with Gasteiger partial charge in [0.25, 0.3) is 0 Å². The highest BCUT2D eigenvalue weighted by molar-refractivity contribution is 6.10. The van der Waals surface area contributed by atoms with Gasteiger partial charge in [0.1, 0.15) is 57.5 Å². The van der Waals surface area contributed by atoms with Gasteiger partial charge in [-0.25, -0.2) is 0 Å². The Balaban J connectivity index is 0.000000250. The highest BCUT2D eigenvalue weighted by Gasteiger charge is 2.26. The van der Waals surface area contributed by atoms with Crippen LogP contribution in [0.5, 0.6) is 57.5 Å². The van der Waals surface area contributed by atoms with Crippen LogP contribution in [-0.4, -0.2) is 87.5 Å². The third kappa shape index (κ3) is 33.0. The van der Waals surface area contributed by atoms with Crippen LogP contribution < -0.4 is 52.4 Å². The van der Waals surface area contributed by atoms with Crippen LogP contribution in [-0.2, 0) is 30.1 Å². The molecule has 0 amide bonds. The van der Waals surface area contributed by atoms with Gasteiger partial charge in [-0.05, 0) is 299 Å². The molecule has 130 heavy (non-hydrogen) atoms. The van der Waals surface area contributed by atoms with Gasteiger partial charge in [-0.15, -0.1) is 13.2 Å². The lowest BCUT2D eigenvalue weighted by Crippen LogP contribution is -2.16. The molecule has 10 aromatic carbocycles. The maximum atomic E-state index is 12.4. The monoisotopic (exact) mass is 1760 g/mol. The molecule has 0 aliphatic heterocycles. The van der Waals surface area contributed by atoms with E-state index in [4.69, 9.17) is 52.4 Å². The van der Waals surface area contributed by atoms with Gasteiger partial charge in [0.2, 0.25) is 0 Å². The summed E-state index contributed by atoms with van der Waals surface area (Å²) >= 11 is 0.